The zero-order valence-corrected chi connectivity index (χ0v) is 6.46. The van der Waals surface area contributed by atoms with Gasteiger partial charge >= 0.3 is 0 Å². The molecule has 0 aromatic heterocycles. The standard InChI is InChI=1S/C9H5F2NO/c10-7-4-6(2-1-3-12)9(13)5-8(7)11/h1-2,4-5,13H. The van der Waals surface area contributed by atoms with Crippen molar-refractivity contribution in [2.45, 2.75) is 0 Å². The molecular formula is C9H5F2NO. The van der Waals surface area contributed by atoms with Crippen LogP contribution in [0.25, 0.3) is 6.08 Å². The molecule has 4 heteroatoms. The molecule has 0 atom stereocenters. The summed E-state index contributed by atoms with van der Waals surface area (Å²) in [6, 6.07) is 3.15. The zero-order chi connectivity index (χ0) is 9.84. The molecule has 0 unspecified atom stereocenters. The van der Waals surface area contributed by atoms with Crippen molar-refractivity contribution < 1.29 is 13.9 Å². The first-order chi connectivity index (χ1) is 6.15. The number of rotatable bonds is 1. The van der Waals surface area contributed by atoms with Crippen LogP contribution in [-0.4, -0.2) is 5.11 Å². The Morgan fingerprint density at radius 1 is 1.31 bits per heavy atom. The van der Waals surface area contributed by atoms with Gasteiger partial charge in [0.2, 0.25) is 0 Å². The Kier molecular flexibility index (Phi) is 2.60. The van der Waals surface area contributed by atoms with E-state index in [1.165, 1.54) is 6.08 Å². The summed E-state index contributed by atoms with van der Waals surface area (Å²) in [5, 5.41) is 17.2. The van der Waals surface area contributed by atoms with Gasteiger partial charge < -0.3 is 5.11 Å². The van der Waals surface area contributed by atoms with E-state index in [4.69, 9.17) is 10.4 Å². The Hall–Kier alpha value is -1.89. The molecule has 0 saturated heterocycles. The van der Waals surface area contributed by atoms with E-state index >= 15 is 0 Å². The van der Waals surface area contributed by atoms with Gasteiger partial charge in [0.05, 0.1) is 6.07 Å². The van der Waals surface area contributed by atoms with Crippen LogP contribution >= 0.6 is 0 Å². The number of phenolic OH excluding ortho intramolecular Hbond substituents is 1. The minimum absolute atomic E-state index is 0.0699. The van der Waals surface area contributed by atoms with E-state index in [0.29, 0.717) is 6.07 Å². The summed E-state index contributed by atoms with van der Waals surface area (Å²) < 4.78 is 25.0. The zero-order valence-electron chi connectivity index (χ0n) is 6.46. The van der Waals surface area contributed by atoms with Crippen LogP contribution in [0.5, 0.6) is 5.75 Å². The summed E-state index contributed by atoms with van der Waals surface area (Å²) in [4.78, 5) is 0. The molecule has 0 aliphatic heterocycles. The van der Waals surface area contributed by atoms with Crippen molar-refractivity contribution >= 4 is 6.08 Å². The van der Waals surface area contributed by atoms with Crippen molar-refractivity contribution in [3.63, 3.8) is 0 Å². The highest BCUT2D eigenvalue weighted by atomic mass is 19.2. The molecule has 1 aromatic carbocycles. The van der Waals surface area contributed by atoms with Crippen LogP contribution in [0.3, 0.4) is 0 Å². The fourth-order valence-corrected chi connectivity index (χ4v) is 0.812. The summed E-state index contributed by atoms with van der Waals surface area (Å²) in [5.74, 6) is -2.58. The first kappa shape index (κ1) is 9.20. The molecule has 0 aliphatic rings. The average Bonchev–Trinajstić information content (AvgIpc) is 2.09. The lowest BCUT2D eigenvalue weighted by Gasteiger charge is -1.99. The van der Waals surface area contributed by atoms with Gasteiger partial charge in [0.25, 0.3) is 0 Å². The van der Waals surface area contributed by atoms with E-state index in [0.717, 1.165) is 12.1 Å². The lowest BCUT2D eigenvalue weighted by Crippen LogP contribution is -1.85. The van der Waals surface area contributed by atoms with E-state index in [1.54, 1.807) is 6.07 Å². The lowest BCUT2D eigenvalue weighted by atomic mass is 10.2. The van der Waals surface area contributed by atoms with Crippen LogP contribution < -0.4 is 0 Å². The van der Waals surface area contributed by atoms with Gasteiger partial charge in [0.1, 0.15) is 5.75 Å². The highest BCUT2D eigenvalue weighted by Gasteiger charge is 2.06. The molecule has 13 heavy (non-hydrogen) atoms. The summed E-state index contributed by atoms with van der Waals surface area (Å²) in [7, 11) is 0. The number of hydrogen-bond acceptors (Lipinski definition) is 2. The minimum Gasteiger partial charge on any atom is -0.507 e. The van der Waals surface area contributed by atoms with Crippen LogP contribution in [0.1, 0.15) is 5.56 Å². The number of phenols is 1. The smallest absolute Gasteiger partial charge is 0.162 e. The Labute approximate surface area is 73.4 Å². The van der Waals surface area contributed by atoms with Gasteiger partial charge in [-0.05, 0) is 12.1 Å². The molecule has 1 aromatic rings. The van der Waals surface area contributed by atoms with Crippen molar-refractivity contribution in [2.75, 3.05) is 0 Å². The van der Waals surface area contributed by atoms with E-state index in [1.807, 2.05) is 0 Å². The van der Waals surface area contributed by atoms with Crippen LogP contribution in [0, 0.1) is 23.0 Å². The molecule has 0 bridgehead atoms. The van der Waals surface area contributed by atoms with Crippen LogP contribution in [0.4, 0.5) is 8.78 Å². The molecule has 2 nitrogen and oxygen atoms in total. The number of nitriles is 1. The lowest BCUT2D eigenvalue weighted by molar-refractivity contribution is 0.453. The molecule has 0 aliphatic carbocycles. The predicted molar refractivity (Wildman–Crippen MR) is 42.7 cm³/mol. The van der Waals surface area contributed by atoms with E-state index in [9.17, 15) is 8.78 Å². The average molecular weight is 181 g/mol. The first-order valence-corrected chi connectivity index (χ1v) is 3.39. The molecule has 0 amide bonds. The number of halogens is 2. The summed E-state index contributed by atoms with van der Waals surface area (Å²) in [6.07, 6.45) is 2.25. The minimum atomic E-state index is -1.12. The van der Waals surface area contributed by atoms with Crippen molar-refractivity contribution in [2.24, 2.45) is 0 Å². The Morgan fingerprint density at radius 3 is 2.54 bits per heavy atom. The van der Waals surface area contributed by atoms with Crippen LogP contribution in [-0.2, 0) is 0 Å². The van der Waals surface area contributed by atoms with Gasteiger partial charge in [0, 0.05) is 17.7 Å². The normalized spacial score (nSPS) is 10.2. The van der Waals surface area contributed by atoms with Crippen LogP contribution in [0.2, 0.25) is 0 Å². The number of nitrogens with zero attached hydrogens (tertiary/aromatic N) is 1. The maximum absolute atomic E-state index is 12.6. The molecule has 0 fully saturated rings. The number of allylic oxidation sites excluding steroid dienone is 1. The van der Waals surface area contributed by atoms with Gasteiger partial charge in [0.15, 0.2) is 11.6 Å². The molecule has 0 heterocycles. The SMILES string of the molecule is N#CC=Cc1cc(F)c(F)cc1O. The largest absolute Gasteiger partial charge is 0.507 e. The third-order valence-corrected chi connectivity index (χ3v) is 1.41. The monoisotopic (exact) mass is 181 g/mol. The predicted octanol–water partition coefficient (Wildman–Crippen LogP) is 2.21. The highest BCUT2D eigenvalue weighted by Crippen LogP contribution is 2.21. The van der Waals surface area contributed by atoms with E-state index < -0.39 is 17.4 Å². The Bertz CT molecular complexity index is 393. The fourth-order valence-electron chi connectivity index (χ4n) is 0.812. The van der Waals surface area contributed by atoms with Gasteiger partial charge in [-0.25, -0.2) is 8.78 Å². The van der Waals surface area contributed by atoms with Gasteiger partial charge in [-0.1, -0.05) is 0 Å². The second-order valence-corrected chi connectivity index (χ2v) is 2.29. The van der Waals surface area contributed by atoms with Gasteiger partial charge in [-0.3, -0.25) is 0 Å². The number of benzene rings is 1. The third-order valence-electron chi connectivity index (χ3n) is 1.41. The third kappa shape index (κ3) is 2.03. The van der Waals surface area contributed by atoms with Crippen molar-refractivity contribution in [1.29, 1.82) is 5.26 Å². The summed E-state index contributed by atoms with van der Waals surface area (Å²) in [5.41, 5.74) is 0.0699. The molecular weight excluding hydrogens is 176 g/mol. The van der Waals surface area contributed by atoms with Gasteiger partial charge in [-0.2, -0.15) is 5.26 Å². The Balaban J connectivity index is 3.17. The second kappa shape index (κ2) is 3.68. The van der Waals surface area contributed by atoms with E-state index in [2.05, 4.69) is 0 Å². The Morgan fingerprint density at radius 2 is 1.92 bits per heavy atom. The summed E-state index contributed by atoms with van der Waals surface area (Å²) >= 11 is 0. The van der Waals surface area contributed by atoms with Crippen LogP contribution in [0.15, 0.2) is 18.2 Å². The van der Waals surface area contributed by atoms with Crippen molar-refractivity contribution in [3.8, 4) is 11.8 Å². The van der Waals surface area contributed by atoms with Crippen molar-refractivity contribution in [3.05, 3.63) is 35.4 Å². The molecule has 0 spiro atoms. The van der Waals surface area contributed by atoms with Gasteiger partial charge in [-0.15, -0.1) is 0 Å². The number of hydrogen-bond donors (Lipinski definition) is 1. The maximum atomic E-state index is 12.6. The molecule has 0 saturated carbocycles. The second-order valence-electron chi connectivity index (χ2n) is 2.29. The topological polar surface area (TPSA) is 44.0 Å². The van der Waals surface area contributed by atoms with E-state index in [-0.39, 0.29) is 5.56 Å². The maximum Gasteiger partial charge on any atom is 0.162 e. The number of aromatic hydroxyl groups is 1. The van der Waals surface area contributed by atoms with Crippen molar-refractivity contribution in [1.82, 2.24) is 0 Å². The highest BCUT2D eigenvalue weighted by molar-refractivity contribution is 5.58. The molecule has 0 radical (unpaired) electrons. The molecule has 1 N–H and O–H groups in total. The molecule has 66 valence electrons. The molecule has 1 rings (SSSR count). The summed E-state index contributed by atoms with van der Waals surface area (Å²) in [6.45, 7) is 0. The quantitative estimate of drug-likeness (QED) is 0.675. The first-order valence-electron chi connectivity index (χ1n) is 3.39. The fraction of sp³-hybridized carbons (Fsp3) is 0.